The lowest BCUT2D eigenvalue weighted by atomic mass is 9.99. The predicted molar refractivity (Wildman–Crippen MR) is 84.9 cm³/mol. The van der Waals surface area contributed by atoms with Gasteiger partial charge in [-0.15, -0.1) is 0 Å². The van der Waals surface area contributed by atoms with Crippen LogP contribution in [0.1, 0.15) is 23.5 Å². The van der Waals surface area contributed by atoms with E-state index in [4.69, 9.17) is 0 Å². The smallest absolute Gasteiger partial charge is 0.103 e. The second kappa shape index (κ2) is 5.68. The first-order valence-corrected chi connectivity index (χ1v) is 7.57. The van der Waals surface area contributed by atoms with E-state index >= 15 is 0 Å². The van der Waals surface area contributed by atoms with E-state index in [0.29, 0.717) is 5.92 Å². The molecule has 1 aliphatic heterocycles. The van der Waals surface area contributed by atoms with Crippen LogP contribution in [-0.4, -0.2) is 13.1 Å². The molecule has 0 aromatic heterocycles. The number of nitrogens with zero attached hydrogens (tertiary/aromatic N) is 2. The number of anilines is 1. The van der Waals surface area contributed by atoms with Crippen LogP contribution in [0.15, 0.2) is 53.0 Å². The highest BCUT2D eigenvalue weighted by atomic mass is 79.9. The number of hydrogen-bond acceptors (Lipinski definition) is 2. The summed E-state index contributed by atoms with van der Waals surface area (Å²) in [7, 11) is 0. The summed E-state index contributed by atoms with van der Waals surface area (Å²) < 4.78 is 0.876. The Balaban J connectivity index is 1.85. The molecular formula is C17H15BrN2. The van der Waals surface area contributed by atoms with E-state index in [2.05, 4.69) is 57.2 Å². The van der Waals surface area contributed by atoms with Crippen molar-refractivity contribution in [2.75, 3.05) is 18.0 Å². The zero-order chi connectivity index (χ0) is 13.9. The van der Waals surface area contributed by atoms with Crippen molar-refractivity contribution in [2.24, 2.45) is 0 Å². The van der Waals surface area contributed by atoms with E-state index < -0.39 is 0 Å². The summed E-state index contributed by atoms with van der Waals surface area (Å²) in [5.41, 5.74) is 3.17. The maximum absolute atomic E-state index is 9.34. The minimum Gasteiger partial charge on any atom is -0.370 e. The second-order valence-corrected chi connectivity index (χ2v) is 5.94. The van der Waals surface area contributed by atoms with Gasteiger partial charge in [0, 0.05) is 23.5 Å². The summed E-state index contributed by atoms with van der Waals surface area (Å²) >= 11 is 3.47. The first kappa shape index (κ1) is 13.2. The fraction of sp³-hybridized carbons (Fsp3) is 0.235. The molecular weight excluding hydrogens is 312 g/mol. The quantitative estimate of drug-likeness (QED) is 0.822. The molecule has 1 atom stereocenters. The van der Waals surface area contributed by atoms with E-state index in [-0.39, 0.29) is 0 Å². The van der Waals surface area contributed by atoms with Crippen LogP contribution < -0.4 is 4.90 Å². The predicted octanol–water partition coefficient (Wildman–Crippen LogP) is 4.31. The molecule has 0 spiro atoms. The fourth-order valence-corrected chi connectivity index (χ4v) is 3.31. The summed E-state index contributed by atoms with van der Waals surface area (Å²) in [4.78, 5) is 2.32. The van der Waals surface area contributed by atoms with Gasteiger partial charge in [-0.25, -0.2) is 0 Å². The summed E-state index contributed by atoms with van der Waals surface area (Å²) in [5, 5.41) is 9.34. The monoisotopic (exact) mass is 326 g/mol. The zero-order valence-corrected chi connectivity index (χ0v) is 12.7. The molecule has 3 heteroatoms. The van der Waals surface area contributed by atoms with Crippen molar-refractivity contribution in [1.82, 2.24) is 0 Å². The Hall–Kier alpha value is -1.79. The molecule has 1 heterocycles. The molecule has 1 aliphatic rings. The molecule has 1 unspecified atom stereocenters. The Bertz CT molecular complexity index is 646. The zero-order valence-electron chi connectivity index (χ0n) is 11.1. The molecule has 2 aromatic rings. The molecule has 0 radical (unpaired) electrons. The van der Waals surface area contributed by atoms with Crippen molar-refractivity contribution in [3.05, 3.63) is 64.1 Å². The Kier molecular flexibility index (Phi) is 3.75. The Morgan fingerprint density at radius 3 is 2.65 bits per heavy atom. The van der Waals surface area contributed by atoms with Gasteiger partial charge in [0.15, 0.2) is 0 Å². The van der Waals surface area contributed by atoms with Crippen molar-refractivity contribution in [2.45, 2.75) is 12.3 Å². The van der Waals surface area contributed by atoms with Crippen LogP contribution in [0, 0.1) is 11.3 Å². The number of nitriles is 1. The molecule has 0 saturated carbocycles. The van der Waals surface area contributed by atoms with Crippen LogP contribution >= 0.6 is 15.9 Å². The van der Waals surface area contributed by atoms with E-state index in [1.165, 1.54) is 5.56 Å². The highest BCUT2D eigenvalue weighted by Gasteiger charge is 2.25. The van der Waals surface area contributed by atoms with Gasteiger partial charge < -0.3 is 4.90 Å². The minimum absolute atomic E-state index is 0.557. The lowest BCUT2D eigenvalue weighted by Crippen LogP contribution is -2.20. The van der Waals surface area contributed by atoms with E-state index in [9.17, 15) is 5.26 Å². The first-order valence-electron chi connectivity index (χ1n) is 6.78. The highest BCUT2D eigenvalue weighted by Crippen LogP contribution is 2.34. The van der Waals surface area contributed by atoms with Gasteiger partial charge in [-0.1, -0.05) is 36.4 Å². The van der Waals surface area contributed by atoms with Crippen LogP contribution in [0.2, 0.25) is 0 Å². The largest absolute Gasteiger partial charge is 0.370 e. The van der Waals surface area contributed by atoms with Gasteiger partial charge in [0.2, 0.25) is 0 Å². The van der Waals surface area contributed by atoms with Gasteiger partial charge in [-0.3, -0.25) is 0 Å². The summed E-state index contributed by atoms with van der Waals surface area (Å²) in [5.74, 6) is 0.557. The lowest BCUT2D eigenvalue weighted by Gasteiger charge is -2.20. The van der Waals surface area contributed by atoms with Crippen LogP contribution in [0.3, 0.4) is 0 Å². The number of hydrogen-bond donors (Lipinski definition) is 0. The van der Waals surface area contributed by atoms with Gasteiger partial charge in [-0.05, 0) is 40.0 Å². The van der Waals surface area contributed by atoms with Crippen LogP contribution in [0.4, 0.5) is 5.69 Å². The van der Waals surface area contributed by atoms with Crippen molar-refractivity contribution < 1.29 is 0 Å². The average molecular weight is 327 g/mol. The molecule has 0 amide bonds. The van der Waals surface area contributed by atoms with E-state index in [0.717, 1.165) is 35.2 Å². The summed E-state index contributed by atoms with van der Waals surface area (Å²) in [6.07, 6.45) is 1.14. The highest BCUT2D eigenvalue weighted by molar-refractivity contribution is 9.10. The Morgan fingerprint density at radius 2 is 1.90 bits per heavy atom. The molecule has 0 aliphatic carbocycles. The van der Waals surface area contributed by atoms with E-state index in [1.807, 2.05) is 18.2 Å². The van der Waals surface area contributed by atoms with Crippen LogP contribution in [0.25, 0.3) is 0 Å². The third-order valence-corrected chi connectivity index (χ3v) is 4.56. The third kappa shape index (κ3) is 2.44. The summed E-state index contributed by atoms with van der Waals surface area (Å²) in [6, 6.07) is 18.9. The molecule has 0 bridgehead atoms. The normalized spacial score (nSPS) is 18.0. The standard InChI is InChI=1S/C17H15BrN2/c18-16-7-4-8-17(15(16)11-19)20-10-9-14(12-20)13-5-2-1-3-6-13/h1-8,14H,9-10,12H2. The molecule has 2 aromatic carbocycles. The first-order chi connectivity index (χ1) is 9.79. The number of halogens is 1. The third-order valence-electron chi connectivity index (χ3n) is 3.90. The molecule has 2 nitrogen and oxygen atoms in total. The van der Waals surface area contributed by atoms with Crippen LogP contribution in [-0.2, 0) is 0 Å². The van der Waals surface area contributed by atoms with Gasteiger partial charge in [0.1, 0.15) is 6.07 Å². The van der Waals surface area contributed by atoms with Gasteiger partial charge >= 0.3 is 0 Å². The lowest BCUT2D eigenvalue weighted by molar-refractivity contribution is 0.775. The SMILES string of the molecule is N#Cc1c(Br)cccc1N1CCC(c2ccccc2)C1. The Labute approximate surface area is 127 Å². The molecule has 0 N–H and O–H groups in total. The van der Waals surface area contributed by atoms with Crippen molar-refractivity contribution in [3.8, 4) is 6.07 Å². The average Bonchev–Trinajstić information content (AvgIpc) is 2.97. The van der Waals surface area contributed by atoms with Gasteiger partial charge in [0.25, 0.3) is 0 Å². The maximum atomic E-state index is 9.34. The van der Waals surface area contributed by atoms with Crippen LogP contribution in [0.5, 0.6) is 0 Å². The second-order valence-electron chi connectivity index (χ2n) is 5.09. The van der Waals surface area contributed by atoms with Crippen molar-refractivity contribution in [1.29, 1.82) is 5.26 Å². The van der Waals surface area contributed by atoms with Gasteiger partial charge in [-0.2, -0.15) is 5.26 Å². The van der Waals surface area contributed by atoms with Gasteiger partial charge in [0.05, 0.1) is 11.3 Å². The molecule has 1 saturated heterocycles. The number of benzene rings is 2. The van der Waals surface area contributed by atoms with Crippen molar-refractivity contribution >= 4 is 21.6 Å². The fourth-order valence-electron chi connectivity index (χ4n) is 2.86. The molecule has 20 heavy (non-hydrogen) atoms. The topological polar surface area (TPSA) is 27.0 Å². The molecule has 1 fully saturated rings. The van der Waals surface area contributed by atoms with Crippen molar-refractivity contribution in [3.63, 3.8) is 0 Å². The maximum Gasteiger partial charge on any atom is 0.103 e. The van der Waals surface area contributed by atoms with E-state index in [1.54, 1.807) is 0 Å². The Morgan fingerprint density at radius 1 is 1.10 bits per heavy atom. The minimum atomic E-state index is 0.557. The molecule has 3 rings (SSSR count). The molecule has 100 valence electrons. The number of rotatable bonds is 2. The summed E-state index contributed by atoms with van der Waals surface area (Å²) in [6.45, 7) is 1.99.